The summed E-state index contributed by atoms with van der Waals surface area (Å²) in [7, 11) is 1.40. The highest BCUT2D eigenvalue weighted by atomic mass is 16.6. The molecule has 1 aromatic carbocycles. The first-order chi connectivity index (χ1) is 6.77. The van der Waals surface area contributed by atoms with Gasteiger partial charge >= 0.3 is 5.97 Å². The number of carbonyl (C=O) groups is 1. The fourth-order valence-electron chi connectivity index (χ4n) is 0.918. The smallest absolute Gasteiger partial charge is 0.337 e. The highest BCUT2D eigenvalue weighted by molar-refractivity contribution is 5.74. The van der Waals surface area contributed by atoms with Gasteiger partial charge in [-0.3, -0.25) is 0 Å². The molecule has 0 spiro atoms. The summed E-state index contributed by atoms with van der Waals surface area (Å²) in [6.07, 6.45) is 0. The van der Waals surface area contributed by atoms with Crippen molar-refractivity contribution in [2.75, 3.05) is 13.7 Å². The van der Waals surface area contributed by atoms with Crippen molar-refractivity contribution in [3.05, 3.63) is 29.8 Å². The van der Waals surface area contributed by atoms with E-state index in [2.05, 4.69) is 4.74 Å². The Bertz CT molecular complexity index is 368. The van der Waals surface area contributed by atoms with Gasteiger partial charge in [-0.2, -0.15) is 5.26 Å². The number of nitrogens with zero attached hydrogens (tertiary/aromatic N) is 1. The third-order valence-electron chi connectivity index (χ3n) is 1.49. The molecule has 1 rings (SSSR count). The Kier molecular flexibility index (Phi) is 3.65. The van der Waals surface area contributed by atoms with Crippen LogP contribution in [0.1, 0.15) is 5.56 Å². The summed E-state index contributed by atoms with van der Waals surface area (Å²) < 4.78 is 9.48. The van der Waals surface area contributed by atoms with Gasteiger partial charge in [0.05, 0.1) is 5.56 Å². The van der Waals surface area contributed by atoms with Crippen LogP contribution in [-0.4, -0.2) is 19.7 Å². The van der Waals surface area contributed by atoms with Gasteiger partial charge in [0, 0.05) is 7.11 Å². The van der Waals surface area contributed by atoms with Gasteiger partial charge < -0.3 is 9.47 Å². The predicted octanol–water partition coefficient (Wildman–Crippen LogP) is 1.11. The molecular formula is C10H9NO3. The first-order valence-corrected chi connectivity index (χ1v) is 3.96. The summed E-state index contributed by atoms with van der Waals surface area (Å²) in [5.41, 5.74) is 0.331. The number of hydrogen-bond acceptors (Lipinski definition) is 4. The fourth-order valence-corrected chi connectivity index (χ4v) is 0.918. The molecule has 0 heterocycles. The van der Waals surface area contributed by atoms with Gasteiger partial charge in [-0.15, -0.1) is 0 Å². The van der Waals surface area contributed by atoms with Crippen LogP contribution in [0.2, 0.25) is 0 Å². The van der Waals surface area contributed by atoms with Crippen molar-refractivity contribution in [3.8, 4) is 11.8 Å². The number of benzene rings is 1. The predicted molar refractivity (Wildman–Crippen MR) is 48.7 cm³/mol. The summed E-state index contributed by atoms with van der Waals surface area (Å²) in [5.74, 6) is -0.257. The first kappa shape index (κ1) is 10.2. The van der Waals surface area contributed by atoms with Crippen molar-refractivity contribution in [1.82, 2.24) is 0 Å². The molecule has 0 saturated heterocycles. The maximum Gasteiger partial charge on any atom is 0.337 e. The van der Waals surface area contributed by atoms with Crippen molar-refractivity contribution in [3.63, 3.8) is 0 Å². The van der Waals surface area contributed by atoms with Gasteiger partial charge in [-0.25, -0.2) is 4.79 Å². The number of para-hydroxylation sites is 1. The number of methoxy groups -OCH3 is 1. The lowest BCUT2D eigenvalue weighted by Gasteiger charge is -2.04. The summed E-state index contributed by atoms with van der Waals surface area (Å²) in [6, 6.07) is 8.46. The zero-order valence-electron chi connectivity index (χ0n) is 7.69. The molecule has 1 aromatic rings. The molecule has 0 fully saturated rings. The van der Waals surface area contributed by atoms with Gasteiger partial charge in [-0.1, -0.05) is 12.1 Å². The maximum absolute atomic E-state index is 11.0. The lowest BCUT2D eigenvalue weighted by molar-refractivity contribution is -0.138. The molecule has 0 N–H and O–H groups in total. The van der Waals surface area contributed by atoms with E-state index in [0.717, 1.165) is 0 Å². The van der Waals surface area contributed by atoms with Crippen LogP contribution in [0.25, 0.3) is 0 Å². The second-order valence-corrected chi connectivity index (χ2v) is 2.52. The monoisotopic (exact) mass is 191 g/mol. The summed E-state index contributed by atoms with van der Waals surface area (Å²) in [4.78, 5) is 11.0. The maximum atomic E-state index is 11.0. The molecule has 0 aromatic heterocycles. The number of hydrogen-bond donors (Lipinski definition) is 0. The third kappa shape index (κ3) is 2.57. The fraction of sp³-hybridized carbons (Fsp3) is 0.200. The Morgan fingerprint density at radius 1 is 1.50 bits per heavy atom. The van der Waals surface area contributed by atoms with Gasteiger partial charge in [-0.05, 0) is 12.1 Å². The second kappa shape index (κ2) is 5.00. The second-order valence-electron chi connectivity index (χ2n) is 2.52. The molecule has 0 aliphatic carbocycles. The Balaban J connectivity index is 2.77. The van der Waals surface area contributed by atoms with Crippen LogP contribution in [0, 0.1) is 11.3 Å². The van der Waals surface area contributed by atoms with Crippen LogP contribution >= 0.6 is 0 Å². The van der Waals surface area contributed by atoms with Crippen LogP contribution in [-0.2, 0) is 9.53 Å². The van der Waals surface area contributed by atoms with E-state index in [-0.39, 0.29) is 12.4 Å². The molecule has 0 aliphatic rings. The van der Waals surface area contributed by atoms with Crippen LogP contribution in [0.3, 0.4) is 0 Å². The molecule has 0 unspecified atom stereocenters. The van der Waals surface area contributed by atoms with Crippen molar-refractivity contribution in [1.29, 1.82) is 5.26 Å². The van der Waals surface area contributed by atoms with E-state index in [1.165, 1.54) is 7.11 Å². The number of ether oxygens (including phenoxy) is 2. The molecule has 4 heteroatoms. The lowest BCUT2D eigenvalue weighted by atomic mass is 10.2. The Morgan fingerprint density at radius 3 is 2.86 bits per heavy atom. The highest BCUT2D eigenvalue weighted by Crippen LogP contribution is 2.16. The van der Waals surface area contributed by atoms with Gasteiger partial charge in [0.15, 0.2) is 0 Å². The van der Waals surface area contributed by atoms with E-state index in [1.54, 1.807) is 24.3 Å². The van der Waals surface area contributed by atoms with E-state index in [4.69, 9.17) is 10.00 Å². The molecule has 0 saturated carbocycles. The van der Waals surface area contributed by atoms with Crippen LogP contribution in [0.5, 0.6) is 5.75 Å². The van der Waals surface area contributed by atoms with Crippen LogP contribution < -0.4 is 4.74 Å². The average Bonchev–Trinajstić information content (AvgIpc) is 2.19. The normalized spacial score (nSPS) is 9.14. The number of nitriles is 1. The van der Waals surface area contributed by atoms with Crippen LogP contribution in [0.15, 0.2) is 24.3 Å². The zero-order valence-corrected chi connectivity index (χ0v) is 7.69. The van der Waals surface area contributed by atoms with Gasteiger partial charge in [0.2, 0.25) is 0 Å². The van der Waals surface area contributed by atoms with Crippen molar-refractivity contribution in [2.45, 2.75) is 0 Å². The standard InChI is InChI=1S/C10H9NO3/c1-13-7-10(12)14-9-5-3-2-4-8(9)6-11/h2-5H,7H2,1H3. The lowest BCUT2D eigenvalue weighted by Crippen LogP contribution is -2.14. The number of carbonyl (C=O) groups excluding carboxylic acids is 1. The van der Waals surface area contributed by atoms with Gasteiger partial charge in [0.1, 0.15) is 18.4 Å². The summed E-state index contributed by atoms with van der Waals surface area (Å²) >= 11 is 0. The minimum atomic E-state index is -0.518. The Labute approximate surface area is 81.7 Å². The van der Waals surface area contributed by atoms with Crippen molar-refractivity contribution >= 4 is 5.97 Å². The van der Waals surface area contributed by atoms with Crippen molar-refractivity contribution in [2.24, 2.45) is 0 Å². The molecular weight excluding hydrogens is 182 g/mol. The minimum Gasteiger partial charge on any atom is -0.423 e. The topological polar surface area (TPSA) is 59.3 Å². The van der Waals surface area contributed by atoms with Crippen LogP contribution in [0.4, 0.5) is 0 Å². The average molecular weight is 191 g/mol. The largest absolute Gasteiger partial charge is 0.423 e. The molecule has 14 heavy (non-hydrogen) atoms. The SMILES string of the molecule is COCC(=O)Oc1ccccc1C#N. The summed E-state index contributed by atoms with van der Waals surface area (Å²) in [6.45, 7) is -0.125. The Morgan fingerprint density at radius 2 is 2.21 bits per heavy atom. The van der Waals surface area contributed by atoms with E-state index in [9.17, 15) is 4.79 Å². The quantitative estimate of drug-likeness (QED) is 0.530. The zero-order chi connectivity index (χ0) is 10.4. The first-order valence-electron chi connectivity index (χ1n) is 3.96. The third-order valence-corrected chi connectivity index (χ3v) is 1.49. The molecule has 4 nitrogen and oxygen atoms in total. The summed E-state index contributed by atoms with van der Waals surface area (Å²) in [5, 5.41) is 8.69. The molecule has 0 radical (unpaired) electrons. The minimum absolute atomic E-state index is 0.125. The van der Waals surface area contributed by atoms with E-state index in [1.807, 2.05) is 6.07 Å². The highest BCUT2D eigenvalue weighted by Gasteiger charge is 2.07. The van der Waals surface area contributed by atoms with E-state index in [0.29, 0.717) is 5.56 Å². The molecule has 72 valence electrons. The molecule has 0 aliphatic heterocycles. The molecule has 0 atom stereocenters. The van der Waals surface area contributed by atoms with E-state index >= 15 is 0 Å². The number of esters is 1. The Hall–Kier alpha value is -1.86. The van der Waals surface area contributed by atoms with Gasteiger partial charge in [0.25, 0.3) is 0 Å². The molecule has 0 amide bonds. The number of rotatable bonds is 3. The molecule has 0 bridgehead atoms. The van der Waals surface area contributed by atoms with E-state index < -0.39 is 5.97 Å². The van der Waals surface area contributed by atoms with Crippen molar-refractivity contribution < 1.29 is 14.3 Å².